The van der Waals surface area contributed by atoms with Crippen molar-refractivity contribution in [3.8, 4) is 0 Å². The first-order chi connectivity index (χ1) is 21.1. The van der Waals surface area contributed by atoms with Crippen molar-refractivity contribution < 1.29 is 37.3 Å². The van der Waals surface area contributed by atoms with Gasteiger partial charge in [0.2, 0.25) is 5.91 Å². The average molecular weight is 629 g/mol. The van der Waals surface area contributed by atoms with E-state index in [0.29, 0.717) is 11.3 Å². The largest absolute Gasteiger partial charge is 0.471 e. The summed E-state index contributed by atoms with van der Waals surface area (Å²) in [5.41, 5.74) is 3.33. The number of amides is 2. The Kier molecular flexibility index (Phi) is 10.3. The van der Waals surface area contributed by atoms with E-state index >= 15 is 0 Å². The van der Waals surface area contributed by atoms with E-state index in [1.165, 1.54) is 0 Å². The molecule has 234 valence electrons. The van der Waals surface area contributed by atoms with Crippen molar-refractivity contribution in [3.05, 3.63) is 101 Å². The molecule has 2 N–H and O–H groups in total. The summed E-state index contributed by atoms with van der Waals surface area (Å²) in [6.45, 7) is 2.07. The molecular weight excluding hydrogens is 593 g/mol. The van der Waals surface area contributed by atoms with Crippen molar-refractivity contribution in [1.82, 2.24) is 10.2 Å². The molecule has 2 fully saturated rings. The summed E-state index contributed by atoms with van der Waals surface area (Å²) in [7, 11) is 0. The number of benzene rings is 3. The fraction of sp³-hybridized carbons (Fsp3) is 0.394. The number of nitrogens with zero attached hydrogens (tertiary/aromatic N) is 1. The number of likely N-dealkylation sites (tertiary alicyclic amines) is 1. The van der Waals surface area contributed by atoms with Crippen LogP contribution in [-0.2, 0) is 32.2 Å². The fourth-order valence-corrected chi connectivity index (χ4v) is 6.64. The molecule has 2 amide bonds. The summed E-state index contributed by atoms with van der Waals surface area (Å²) < 4.78 is 51.8. The molecule has 44 heavy (non-hydrogen) atoms. The predicted molar refractivity (Wildman–Crippen MR) is 159 cm³/mol. The van der Waals surface area contributed by atoms with Gasteiger partial charge >= 0.3 is 12.1 Å². The average Bonchev–Trinajstić information content (AvgIpc) is 3.53. The number of alkyl halides is 3. The van der Waals surface area contributed by atoms with E-state index in [1.54, 1.807) is 11.8 Å². The highest BCUT2D eigenvalue weighted by molar-refractivity contribution is 7.99. The maximum absolute atomic E-state index is 12.9. The molecule has 0 unspecified atom stereocenters. The van der Waals surface area contributed by atoms with E-state index in [4.69, 9.17) is 9.47 Å². The van der Waals surface area contributed by atoms with Crippen LogP contribution in [-0.4, -0.2) is 52.4 Å². The smallest absolute Gasteiger partial charge is 0.392 e. The van der Waals surface area contributed by atoms with E-state index in [-0.39, 0.29) is 44.2 Å². The van der Waals surface area contributed by atoms with Crippen LogP contribution in [0.3, 0.4) is 0 Å². The molecule has 0 aromatic heterocycles. The minimum Gasteiger partial charge on any atom is -0.392 e. The lowest BCUT2D eigenvalue weighted by molar-refractivity contribution is -0.268. The Labute approximate surface area is 258 Å². The van der Waals surface area contributed by atoms with Gasteiger partial charge in [-0.15, -0.1) is 11.8 Å². The molecule has 0 aliphatic carbocycles. The highest BCUT2D eigenvalue weighted by atomic mass is 32.2. The number of nitrogens with one attached hydrogen (secondary N) is 1. The molecule has 2 heterocycles. The first-order valence-corrected chi connectivity index (χ1v) is 15.6. The van der Waals surface area contributed by atoms with Crippen LogP contribution in [0.1, 0.15) is 54.4 Å². The van der Waals surface area contributed by atoms with Crippen molar-refractivity contribution in [1.29, 1.82) is 0 Å². The number of rotatable bonds is 9. The van der Waals surface area contributed by atoms with Crippen molar-refractivity contribution >= 4 is 23.6 Å². The van der Waals surface area contributed by atoms with Crippen molar-refractivity contribution in [2.75, 3.05) is 12.3 Å². The lowest BCUT2D eigenvalue weighted by Crippen LogP contribution is -2.50. The van der Waals surface area contributed by atoms with Gasteiger partial charge in [0, 0.05) is 35.2 Å². The molecule has 0 spiro atoms. The van der Waals surface area contributed by atoms with Gasteiger partial charge in [0.15, 0.2) is 6.29 Å². The summed E-state index contributed by atoms with van der Waals surface area (Å²) in [4.78, 5) is 26.2. The number of hydrogen-bond acceptors (Lipinski definition) is 6. The van der Waals surface area contributed by atoms with Gasteiger partial charge in [-0.2, -0.15) is 13.2 Å². The molecule has 0 bridgehead atoms. The van der Waals surface area contributed by atoms with Gasteiger partial charge in [-0.05, 0) is 41.7 Å². The number of carbonyl (C=O) groups is 2. The van der Waals surface area contributed by atoms with Crippen LogP contribution in [0.5, 0.6) is 0 Å². The zero-order valence-electron chi connectivity index (χ0n) is 24.2. The highest BCUT2D eigenvalue weighted by Gasteiger charge is 2.47. The first kappa shape index (κ1) is 32.0. The minimum atomic E-state index is -5.01. The summed E-state index contributed by atoms with van der Waals surface area (Å²) in [5, 5.41) is 12.2. The van der Waals surface area contributed by atoms with E-state index in [2.05, 4.69) is 24.4 Å². The van der Waals surface area contributed by atoms with Crippen LogP contribution in [0, 0.1) is 5.92 Å². The Morgan fingerprint density at radius 3 is 2.27 bits per heavy atom. The van der Waals surface area contributed by atoms with Gasteiger partial charge in [-0.3, -0.25) is 9.59 Å². The third kappa shape index (κ3) is 7.63. The Bertz CT molecular complexity index is 1410. The lowest BCUT2D eigenvalue weighted by Gasteiger charge is -2.41. The summed E-state index contributed by atoms with van der Waals surface area (Å²) in [6.07, 6.45) is -5.52. The maximum atomic E-state index is 12.9. The van der Waals surface area contributed by atoms with Crippen molar-refractivity contribution in [3.63, 3.8) is 0 Å². The number of halogens is 3. The number of aliphatic hydroxyl groups is 1. The van der Waals surface area contributed by atoms with Crippen LogP contribution in [0.15, 0.2) is 83.8 Å². The minimum absolute atomic E-state index is 0.0382. The van der Waals surface area contributed by atoms with E-state index in [9.17, 15) is 27.9 Å². The molecule has 2 saturated heterocycles. The second-order valence-corrected chi connectivity index (χ2v) is 12.2. The zero-order chi connectivity index (χ0) is 31.3. The molecule has 0 radical (unpaired) electrons. The third-order valence-electron chi connectivity index (χ3n) is 8.06. The number of carbonyl (C=O) groups excluding carboxylic acids is 2. The first-order valence-electron chi connectivity index (χ1n) is 14.6. The molecule has 0 saturated carbocycles. The molecule has 2 aliphatic heterocycles. The van der Waals surface area contributed by atoms with Crippen molar-refractivity contribution in [2.45, 2.75) is 68.5 Å². The number of thioether (sulfide) groups is 1. The highest BCUT2D eigenvalue weighted by Crippen LogP contribution is 2.43. The summed E-state index contributed by atoms with van der Waals surface area (Å²) in [5.74, 6) is -1.83. The van der Waals surface area contributed by atoms with Crippen LogP contribution < -0.4 is 5.32 Å². The van der Waals surface area contributed by atoms with E-state index < -0.39 is 30.3 Å². The van der Waals surface area contributed by atoms with E-state index in [0.717, 1.165) is 32.9 Å². The van der Waals surface area contributed by atoms with Gasteiger partial charge in [0.25, 0.3) is 0 Å². The number of ether oxygens (including phenoxy) is 2. The Morgan fingerprint density at radius 2 is 1.61 bits per heavy atom. The molecule has 5 rings (SSSR count). The van der Waals surface area contributed by atoms with Crippen molar-refractivity contribution in [2.24, 2.45) is 5.92 Å². The number of hydrogen-bond donors (Lipinski definition) is 2. The molecule has 11 heteroatoms. The maximum Gasteiger partial charge on any atom is 0.471 e. The molecular formula is C33H35F3N2O5S. The van der Waals surface area contributed by atoms with Crippen LogP contribution in [0.4, 0.5) is 13.2 Å². The molecule has 7 nitrogen and oxygen atoms in total. The summed E-state index contributed by atoms with van der Waals surface area (Å²) in [6, 6.07) is 24.0. The second kappa shape index (κ2) is 14.2. The Morgan fingerprint density at radius 1 is 0.955 bits per heavy atom. The Balaban J connectivity index is 1.26. The topological polar surface area (TPSA) is 88.1 Å². The molecule has 2 aliphatic rings. The molecule has 5 atom stereocenters. The Hall–Kier alpha value is -3.38. The molecule has 3 aromatic rings. The third-order valence-corrected chi connectivity index (χ3v) is 9.16. The second-order valence-electron chi connectivity index (χ2n) is 11.1. The standard InChI is InChI=1S/C33H35F3N2O5S/c1-21-28(20-44-26-6-3-2-4-7-26)42-31(43-29(21)24-13-11-23(19-39)12-14-24)25-15-9-22(10-16-25)18-37-30(40)27-8-5-17-38(27)32(41)33(34,35)36/h2-4,6-7,9-16,21,27-29,31,39H,5,8,17-20H2,1H3,(H,37,40)/t21-,27-,28+,29+,31+/m0/s1. The van der Waals surface area contributed by atoms with Crippen LogP contribution in [0.25, 0.3) is 0 Å². The quantitative estimate of drug-likeness (QED) is 0.286. The summed E-state index contributed by atoms with van der Waals surface area (Å²) >= 11 is 1.72. The fourth-order valence-electron chi connectivity index (χ4n) is 5.55. The van der Waals surface area contributed by atoms with Gasteiger partial charge in [-0.1, -0.05) is 73.7 Å². The normalized spacial score (nSPS) is 23.8. The monoisotopic (exact) mass is 628 g/mol. The zero-order valence-corrected chi connectivity index (χ0v) is 25.0. The van der Waals surface area contributed by atoms with Gasteiger partial charge < -0.3 is 24.8 Å². The molecule has 3 aromatic carbocycles. The van der Waals surface area contributed by atoms with Gasteiger partial charge in [-0.25, -0.2) is 0 Å². The van der Waals surface area contributed by atoms with Gasteiger partial charge in [0.05, 0.1) is 18.8 Å². The number of aliphatic hydroxyl groups excluding tert-OH is 1. The van der Waals surface area contributed by atoms with E-state index in [1.807, 2.05) is 66.7 Å². The van der Waals surface area contributed by atoms with Gasteiger partial charge in [0.1, 0.15) is 6.04 Å². The lowest BCUT2D eigenvalue weighted by atomic mass is 9.91. The van der Waals surface area contributed by atoms with Crippen LogP contribution >= 0.6 is 11.8 Å². The SMILES string of the molecule is C[C@H]1[C@@H](CSc2ccccc2)O[C@@H](c2ccc(CNC(=O)[C@@H]3CCCN3C(=O)C(F)(F)F)cc2)O[C@H]1c1ccc(CO)cc1. The predicted octanol–water partition coefficient (Wildman–Crippen LogP) is 5.93. The van der Waals surface area contributed by atoms with Crippen LogP contribution in [0.2, 0.25) is 0 Å².